The summed E-state index contributed by atoms with van der Waals surface area (Å²) in [4.78, 5) is 32.0. The SMILES string of the molecule is F[P-](F)(F)(F)(F)F.F[P-](F)(F)(F)(F)F.O.[Mn+2].[OH3+].[OH3+].c1cc(CCCc2ccncc2)ccn1.c1cc(CCCc2ccncc2)ccn1.c1cc(CCCc2ccncc2)ccn1.c1cc(CCCc2ccncc2)ccn1. The van der Waals surface area contributed by atoms with Gasteiger partial charge in [0.1, 0.15) is 0 Å². The molecule has 11 nitrogen and oxygen atoms in total. The van der Waals surface area contributed by atoms with Crippen LogP contribution in [0, 0.1) is 0 Å². The minimum Gasteiger partial charge on any atom is -0.457 e. The number of aryl methyl sites for hydroxylation is 8. The Balaban J connectivity index is 0. The topological polar surface area (TPSA) is 201 Å². The van der Waals surface area contributed by atoms with E-state index in [-0.39, 0.29) is 33.5 Å². The zero-order chi connectivity index (χ0) is 54.2. The second kappa shape index (κ2) is 34.5. The number of hydrogen-bond donors (Lipinski definition) is 0. The van der Waals surface area contributed by atoms with Crippen LogP contribution in [0.1, 0.15) is 70.2 Å². The van der Waals surface area contributed by atoms with Gasteiger partial charge in [0, 0.05) is 99.1 Å². The summed E-state index contributed by atoms with van der Waals surface area (Å²) in [7, 11) is -21.3. The van der Waals surface area contributed by atoms with Crippen LogP contribution in [0.2, 0.25) is 0 Å². The molecular formula is C52H64F12MnN8O3P2+2. The Morgan fingerprint density at radius 2 is 0.295 bits per heavy atom. The van der Waals surface area contributed by atoms with E-state index in [0.29, 0.717) is 0 Å². The predicted octanol–water partition coefficient (Wildman–Crippen LogP) is 14.7. The first-order chi connectivity index (χ1) is 34.7. The summed E-state index contributed by atoms with van der Waals surface area (Å²) in [6.07, 6.45) is 43.2. The maximum Gasteiger partial charge on any atom is 2.00 e. The van der Waals surface area contributed by atoms with Crippen LogP contribution in [0.15, 0.2) is 196 Å². The Morgan fingerprint density at radius 1 is 0.218 bits per heavy atom. The van der Waals surface area contributed by atoms with Crippen molar-refractivity contribution < 1.29 is 83.9 Å². The molecule has 8 aromatic rings. The van der Waals surface area contributed by atoms with Gasteiger partial charge >= 0.3 is 83.0 Å². The Bertz CT molecular complexity index is 2170. The molecular weight excluding hydrogens is 1130 g/mol. The smallest absolute Gasteiger partial charge is 0.457 e. The Hall–Kier alpha value is -6.38. The van der Waals surface area contributed by atoms with E-state index in [4.69, 9.17) is 0 Å². The number of aromatic nitrogens is 8. The molecule has 26 heteroatoms. The van der Waals surface area contributed by atoms with E-state index < -0.39 is 15.6 Å². The molecule has 0 saturated carbocycles. The monoisotopic (exact) mass is 1190 g/mol. The van der Waals surface area contributed by atoms with Gasteiger partial charge in [-0.1, -0.05) is 0 Å². The van der Waals surface area contributed by atoms with Crippen LogP contribution in [-0.4, -0.2) is 45.3 Å². The minimum absolute atomic E-state index is 0. The van der Waals surface area contributed by atoms with Crippen molar-refractivity contribution in [2.75, 3.05) is 0 Å². The van der Waals surface area contributed by atoms with E-state index in [1.807, 2.05) is 99.1 Å². The van der Waals surface area contributed by atoms with E-state index in [0.717, 1.165) is 51.4 Å². The van der Waals surface area contributed by atoms with Gasteiger partial charge in [-0.2, -0.15) is 0 Å². The minimum atomic E-state index is -10.7. The summed E-state index contributed by atoms with van der Waals surface area (Å²) in [5, 5.41) is 0. The third kappa shape index (κ3) is 49.2. The maximum absolute atomic E-state index is 10.7. The Kier molecular flexibility index (Phi) is 32.6. The molecule has 0 bridgehead atoms. The molecule has 0 aliphatic heterocycles. The van der Waals surface area contributed by atoms with Crippen LogP contribution in [0.25, 0.3) is 0 Å². The Morgan fingerprint density at radius 3 is 0.372 bits per heavy atom. The summed E-state index contributed by atoms with van der Waals surface area (Å²) in [6, 6.07) is 33.2. The molecule has 0 spiro atoms. The molecule has 8 aromatic heterocycles. The van der Waals surface area contributed by atoms with Crippen molar-refractivity contribution in [3.05, 3.63) is 241 Å². The van der Waals surface area contributed by atoms with Gasteiger partial charge in [0.05, 0.1) is 0 Å². The van der Waals surface area contributed by atoms with Gasteiger partial charge in [-0.15, -0.1) is 0 Å². The van der Waals surface area contributed by atoms with Crippen molar-refractivity contribution in [3.8, 4) is 0 Å². The second-order valence-corrected chi connectivity index (χ2v) is 20.0. The largest absolute Gasteiger partial charge is 2.00 e. The van der Waals surface area contributed by atoms with E-state index in [2.05, 4.69) is 137 Å². The molecule has 0 saturated heterocycles. The molecule has 0 fully saturated rings. The summed E-state index contributed by atoms with van der Waals surface area (Å²) in [5.41, 5.74) is 10.9. The van der Waals surface area contributed by atoms with Crippen LogP contribution < -0.4 is 0 Å². The number of nitrogens with zero attached hydrogens (tertiary/aromatic N) is 8. The number of halogens is 12. The van der Waals surface area contributed by atoms with Gasteiger partial charge in [0.2, 0.25) is 0 Å². The summed E-state index contributed by atoms with van der Waals surface area (Å²) < 4.78 is 118. The first-order valence-electron chi connectivity index (χ1n) is 22.9. The Labute approximate surface area is 455 Å². The van der Waals surface area contributed by atoms with Crippen LogP contribution in [0.4, 0.5) is 50.4 Å². The van der Waals surface area contributed by atoms with Gasteiger partial charge < -0.3 is 16.4 Å². The molecule has 0 aromatic carbocycles. The average Bonchev–Trinajstić information content (AvgIpc) is 3.35. The van der Waals surface area contributed by atoms with Crippen molar-refractivity contribution in [1.82, 2.24) is 39.9 Å². The van der Waals surface area contributed by atoms with E-state index in [1.165, 1.54) is 70.2 Å². The van der Waals surface area contributed by atoms with Gasteiger partial charge in [-0.25, -0.2) is 0 Å². The zero-order valence-electron chi connectivity index (χ0n) is 42.0. The molecule has 8 heterocycles. The van der Waals surface area contributed by atoms with Crippen molar-refractivity contribution in [1.29, 1.82) is 0 Å². The number of pyridine rings is 8. The fourth-order valence-electron chi connectivity index (χ4n) is 6.38. The molecule has 78 heavy (non-hydrogen) atoms. The quantitative estimate of drug-likeness (QED) is 0.0393. The first kappa shape index (κ1) is 73.7. The van der Waals surface area contributed by atoms with E-state index in [1.54, 1.807) is 0 Å². The van der Waals surface area contributed by atoms with Gasteiger partial charge in [-0.05, 0) is 219 Å². The second-order valence-electron chi connectivity index (χ2n) is 16.2. The van der Waals surface area contributed by atoms with Crippen LogP contribution in [0.3, 0.4) is 0 Å². The zero-order valence-corrected chi connectivity index (χ0v) is 45.0. The number of hydrogen-bond acceptors (Lipinski definition) is 8. The third-order valence-electron chi connectivity index (χ3n) is 9.72. The molecule has 0 amide bonds. The molecule has 0 aliphatic carbocycles. The van der Waals surface area contributed by atoms with Crippen LogP contribution >= 0.6 is 15.6 Å². The van der Waals surface area contributed by atoms with Crippen molar-refractivity contribution in [2.24, 2.45) is 0 Å². The molecule has 0 atom stereocenters. The fourth-order valence-corrected chi connectivity index (χ4v) is 6.38. The summed E-state index contributed by atoms with van der Waals surface area (Å²) in [5.74, 6) is 0. The van der Waals surface area contributed by atoms with Crippen LogP contribution in [0.5, 0.6) is 0 Å². The van der Waals surface area contributed by atoms with Gasteiger partial charge in [0.15, 0.2) is 0 Å². The van der Waals surface area contributed by atoms with Crippen molar-refractivity contribution in [3.63, 3.8) is 0 Å². The molecule has 429 valence electrons. The van der Waals surface area contributed by atoms with Gasteiger partial charge in [-0.3, -0.25) is 39.9 Å². The fraction of sp³-hybridized carbons (Fsp3) is 0.231. The van der Waals surface area contributed by atoms with Crippen molar-refractivity contribution >= 4 is 15.6 Å². The van der Waals surface area contributed by atoms with E-state index in [9.17, 15) is 50.4 Å². The normalized spacial score (nSPS) is 11.9. The third-order valence-corrected chi connectivity index (χ3v) is 9.72. The predicted molar refractivity (Wildman–Crippen MR) is 282 cm³/mol. The molecule has 0 unspecified atom stereocenters. The number of rotatable bonds is 16. The molecule has 8 N–H and O–H groups in total. The summed E-state index contributed by atoms with van der Waals surface area (Å²) in [6.45, 7) is 0. The van der Waals surface area contributed by atoms with Gasteiger partial charge in [0.25, 0.3) is 0 Å². The standard InChI is InChI=1S/4C13H14N2.2F6P.Mn.3H2O/c4*1(2-12-4-8-14-9-5-12)3-13-6-10-15-11-7-13;2*1-7(2,3,4,5)6;;;;/h4*4-11H,1-3H2;;;;3*1H2/q;;;;2*-1;+2;;;/p+2. The van der Waals surface area contributed by atoms with Crippen LogP contribution in [-0.2, 0) is 79.4 Å². The average molecular weight is 1190 g/mol. The molecule has 8 rings (SSSR count). The molecule has 1 radical (unpaired) electrons. The maximum atomic E-state index is 9.87. The van der Waals surface area contributed by atoms with Crippen molar-refractivity contribution in [2.45, 2.75) is 77.0 Å². The molecule has 0 aliphatic rings. The van der Waals surface area contributed by atoms with E-state index >= 15 is 0 Å². The first-order valence-corrected chi connectivity index (χ1v) is 27.0. The summed E-state index contributed by atoms with van der Waals surface area (Å²) >= 11 is 0.